The van der Waals surface area contributed by atoms with Gasteiger partial charge in [0, 0.05) is 12.3 Å². The maximum atomic E-state index is 12.7. The number of pyridine rings is 1. The molecule has 0 saturated carbocycles. The molecule has 0 radical (unpaired) electrons. The lowest BCUT2D eigenvalue weighted by Gasteiger charge is -2.19. The smallest absolute Gasteiger partial charge is 0.265 e. The first-order chi connectivity index (χ1) is 12.6. The van der Waals surface area contributed by atoms with Gasteiger partial charge in [0.1, 0.15) is 11.3 Å². The highest BCUT2D eigenvalue weighted by Crippen LogP contribution is 2.22. The summed E-state index contributed by atoms with van der Waals surface area (Å²) >= 11 is 0. The molecule has 0 fully saturated rings. The van der Waals surface area contributed by atoms with Crippen LogP contribution in [-0.2, 0) is 0 Å². The van der Waals surface area contributed by atoms with Gasteiger partial charge >= 0.3 is 0 Å². The summed E-state index contributed by atoms with van der Waals surface area (Å²) in [6.45, 7) is 0. The number of hydrogen-bond acceptors (Lipinski definition) is 3. The van der Waals surface area contributed by atoms with Gasteiger partial charge in [0.15, 0.2) is 5.43 Å². The number of nitrogens with one attached hydrogen (secondary N) is 2. The van der Waals surface area contributed by atoms with Crippen molar-refractivity contribution in [3.63, 3.8) is 0 Å². The van der Waals surface area contributed by atoms with Gasteiger partial charge < -0.3 is 16.0 Å². The van der Waals surface area contributed by atoms with E-state index in [2.05, 4.69) is 10.3 Å². The Bertz CT molecular complexity index is 942. The van der Waals surface area contributed by atoms with Gasteiger partial charge in [-0.2, -0.15) is 0 Å². The van der Waals surface area contributed by atoms with Gasteiger partial charge in [-0.3, -0.25) is 14.4 Å². The summed E-state index contributed by atoms with van der Waals surface area (Å²) < 4.78 is 0. The van der Waals surface area contributed by atoms with Crippen LogP contribution in [0.25, 0.3) is 0 Å². The van der Waals surface area contributed by atoms with Gasteiger partial charge in [-0.1, -0.05) is 60.7 Å². The maximum absolute atomic E-state index is 12.7. The fourth-order valence-electron chi connectivity index (χ4n) is 2.65. The van der Waals surface area contributed by atoms with Gasteiger partial charge in [-0.15, -0.1) is 0 Å². The van der Waals surface area contributed by atoms with Crippen LogP contribution in [-0.4, -0.2) is 16.8 Å². The van der Waals surface area contributed by atoms with E-state index >= 15 is 0 Å². The SMILES string of the molecule is NC(=O)c1cc(=O)c(C(=O)NC(c2ccccc2)c2ccccc2)c[nH]1. The van der Waals surface area contributed by atoms with Crippen LogP contribution in [0.4, 0.5) is 0 Å². The molecule has 0 spiro atoms. The van der Waals surface area contributed by atoms with Gasteiger partial charge in [-0.05, 0) is 11.1 Å². The molecule has 6 nitrogen and oxygen atoms in total. The third-order valence-corrected chi connectivity index (χ3v) is 3.96. The van der Waals surface area contributed by atoms with Crippen LogP contribution in [0.3, 0.4) is 0 Å². The van der Waals surface area contributed by atoms with Crippen molar-refractivity contribution in [2.75, 3.05) is 0 Å². The molecule has 6 heteroatoms. The zero-order chi connectivity index (χ0) is 18.5. The molecule has 2 amide bonds. The maximum Gasteiger partial charge on any atom is 0.265 e. The van der Waals surface area contributed by atoms with Crippen molar-refractivity contribution in [3.8, 4) is 0 Å². The molecule has 26 heavy (non-hydrogen) atoms. The Balaban J connectivity index is 1.94. The number of rotatable bonds is 5. The number of H-pyrrole nitrogens is 1. The number of amides is 2. The molecule has 0 aliphatic carbocycles. The van der Waals surface area contributed by atoms with Crippen molar-refractivity contribution in [1.29, 1.82) is 0 Å². The Labute approximate surface area is 149 Å². The number of carbonyl (C=O) groups is 2. The highest BCUT2D eigenvalue weighted by Gasteiger charge is 2.19. The van der Waals surface area contributed by atoms with E-state index in [0.29, 0.717) is 0 Å². The van der Waals surface area contributed by atoms with Gasteiger partial charge in [0.2, 0.25) is 0 Å². The standard InChI is InChI=1S/C20H17N3O3/c21-19(25)16-11-17(24)15(12-22-16)20(26)23-18(13-7-3-1-4-8-13)14-9-5-2-6-10-14/h1-12,18H,(H2,21,25)(H,22,24)(H,23,26). The number of nitrogens with two attached hydrogens (primary N) is 1. The quantitative estimate of drug-likeness (QED) is 0.657. The molecule has 4 N–H and O–H groups in total. The normalized spacial score (nSPS) is 10.5. The molecule has 3 aromatic rings. The summed E-state index contributed by atoms with van der Waals surface area (Å²) in [5.41, 5.74) is 6.19. The number of carbonyl (C=O) groups excluding carboxylic acids is 2. The average molecular weight is 347 g/mol. The van der Waals surface area contributed by atoms with Crippen molar-refractivity contribution in [2.45, 2.75) is 6.04 Å². The van der Waals surface area contributed by atoms with E-state index in [9.17, 15) is 14.4 Å². The fourth-order valence-corrected chi connectivity index (χ4v) is 2.65. The summed E-state index contributed by atoms with van der Waals surface area (Å²) in [5.74, 6) is -1.31. The van der Waals surface area contributed by atoms with E-state index in [-0.39, 0.29) is 11.3 Å². The second kappa shape index (κ2) is 7.48. The molecule has 3 rings (SSSR count). The van der Waals surface area contributed by atoms with Crippen molar-refractivity contribution in [2.24, 2.45) is 5.73 Å². The molecule has 0 aliphatic heterocycles. The molecule has 0 bridgehead atoms. The van der Waals surface area contributed by atoms with Crippen LogP contribution in [0.15, 0.2) is 77.7 Å². The highest BCUT2D eigenvalue weighted by molar-refractivity contribution is 5.96. The van der Waals surface area contributed by atoms with Gasteiger partial charge in [0.05, 0.1) is 6.04 Å². The molecule has 0 unspecified atom stereocenters. The summed E-state index contributed by atoms with van der Waals surface area (Å²) in [6.07, 6.45) is 1.20. The van der Waals surface area contributed by atoms with Crippen molar-refractivity contribution in [1.82, 2.24) is 10.3 Å². The van der Waals surface area contributed by atoms with Gasteiger partial charge in [-0.25, -0.2) is 0 Å². The molecule has 0 aliphatic rings. The lowest BCUT2D eigenvalue weighted by atomic mass is 9.98. The predicted octanol–water partition coefficient (Wildman–Crippen LogP) is 1.99. The monoisotopic (exact) mass is 347 g/mol. The molecular weight excluding hydrogens is 330 g/mol. The highest BCUT2D eigenvalue weighted by atomic mass is 16.2. The predicted molar refractivity (Wildman–Crippen MR) is 97.8 cm³/mol. The summed E-state index contributed by atoms with van der Waals surface area (Å²) in [7, 11) is 0. The molecule has 0 atom stereocenters. The minimum absolute atomic E-state index is 0.0470. The van der Waals surface area contributed by atoms with E-state index < -0.39 is 23.3 Å². The Morgan fingerprint density at radius 2 is 1.46 bits per heavy atom. The number of aromatic nitrogens is 1. The first-order valence-corrected chi connectivity index (χ1v) is 7.99. The first kappa shape index (κ1) is 17.2. The molecule has 2 aromatic carbocycles. The van der Waals surface area contributed by atoms with E-state index in [1.54, 1.807) is 0 Å². The molecule has 0 saturated heterocycles. The Kier molecular flexibility index (Phi) is 4.94. The minimum atomic E-state index is -0.763. The molecule has 1 aromatic heterocycles. The number of hydrogen-bond donors (Lipinski definition) is 3. The lowest BCUT2D eigenvalue weighted by Crippen LogP contribution is -2.33. The topological polar surface area (TPSA) is 105 Å². The van der Waals surface area contributed by atoms with Crippen molar-refractivity contribution >= 4 is 11.8 Å². The summed E-state index contributed by atoms with van der Waals surface area (Å²) in [5, 5.41) is 2.88. The average Bonchev–Trinajstić information content (AvgIpc) is 2.67. The Morgan fingerprint density at radius 1 is 0.923 bits per heavy atom. The largest absolute Gasteiger partial charge is 0.364 e. The third-order valence-electron chi connectivity index (χ3n) is 3.96. The van der Waals surface area contributed by atoms with Crippen LogP contribution >= 0.6 is 0 Å². The number of primary amides is 1. The molecule has 130 valence electrons. The van der Waals surface area contributed by atoms with Crippen LogP contribution in [0.5, 0.6) is 0 Å². The lowest BCUT2D eigenvalue weighted by molar-refractivity contribution is 0.0938. The van der Waals surface area contributed by atoms with E-state index in [1.165, 1.54) is 6.20 Å². The third kappa shape index (κ3) is 3.70. The Hall–Kier alpha value is -3.67. The van der Waals surface area contributed by atoms with Crippen LogP contribution in [0.2, 0.25) is 0 Å². The van der Waals surface area contributed by atoms with E-state index in [0.717, 1.165) is 17.2 Å². The van der Waals surface area contributed by atoms with Crippen LogP contribution in [0, 0.1) is 0 Å². The number of benzene rings is 2. The Morgan fingerprint density at radius 3 is 1.92 bits per heavy atom. The van der Waals surface area contributed by atoms with E-state index in [4.69, 9.17) is 5.73 Å². The number of aromatic amines is 1. The van der Waals surface area contributed by atoms with Crippen molar-refractivity contribution < 1.29 is 9.59 Å². The molecule has 1 heterocycles. The fraction of sp³-hybridized carbons (Fsp3) is 0.0500. The van der Waals surface area contributed by atoms with E-state index in [1.807, 2.05) is 60.7 Å². The van der Waals surface area contributed by atoms with Crippen molar-refractivity contribution in [3.05, 3.63) is 106 Å². The second-order valence-electron chi connectivity index (χ2n) is 5.72. The van der Waals surface area contributed by atoms with Crippen LogP contribution < -0.4 is 16.5 Å². The zero-order valence-electron chi connectivity index (χ0n) is 13.8. The summed E-state index contributed by atoms with van der Waals surface area (Å²) in [6, 6.07) is 19.5. The second-order valence-corrected chi connectivity index (χ2v) is 5.72. The zero-order valence-corrected chi connectivity index (χ0v) is 13.8. The summed E-state index contributed by atoms with van der Waals surface area (Å²) in [4.78, 5) is 38.5. The van der Waals surface area contributed by atoms with Crippen LogP contribution in [0.1, 0.15) is 38.0 Å². The first-order valence-electron chi connectivity index (χ1n) is 7.99. The van der Waals surface area contributed by atoms with Gasteiger partial charge in [0.25, 0.3) is 11.8 Å². The minimum Gasteiger partial charge on any atom is -0.364 e. The molecular formula is C20H17N3O3.